The fourth-order valence-electron chi connectivity index (χ4n) is 17.0. The molecule has 2 aliphatic rings. The van der Waals surface area contributed by atoms with Crippen LogP contribution in [0.3, 0.4) is 0 Å². The van der Waals surface area contributed by atoms with Crippen LogP contribution in [-0.4, -0.2) is 15.8 Å². The van der Waals surface area contributed by atoms with Gasteiger partial charge in [-0.15, -0.1) is 11.3 Å². The summed E-state index contributed by atoms with van der Waals surface area (Å²) in [5.41, 5.74) is 20.4. The molecule has 5 heterocycles. The summed E-state index contributed by atoms with van der Waals surface area (Å²) < 4.78 is 131. The van der Waals surface area contributed by atoms with Crippen LogP contribution in [0.15, 0.2) is 291 Å². The summed E-state index contributed by atoms with van der Waals surface area (Å²) in [6.45, 7) is 33.0. The first-order valence-electron chi connectivity index (χ1n) is 44.8. The molecule has 0 amide bonds. The quantitative estimate of drug-likeness (QED) is 0.141. The van der Waals surface area contributed by atoms with Gasteiger partial charge < -0.3 is 18.9 Å². The molecule has 0 aliphatic carbocycles. The van der Waals surface area contributed by atoms with E-state index in [4.69, 9.17) is 1.37 Å². The van der Waals surface area contributed by atoms with E-state index in [0.717, 1.165) is 125 Å². The highest BCUT2D eigenvalue weighted by atomic mass is 32.1. The molecule has 0 saturated carbocycles. The van der Waals surface area contributed by atoms with Gasteiger partial charge in [0.15, 0.2) is 0 Å². The van der Waals surface area contributed by atoms with Gasteiger partial charge in [-0.05, 0) is 190 Å². The van der Waals surface area contributed by atoms with Gasteiger partial charge >= 0.3 is 0 Å². The Morgan fingerprint density at radius 3 is 1.24 bits per heavy atom. The molecule has 0 fully saturated rings. The number of aromatic nitrogens is 2. The van der Waals surface area contributed by atoms with Crippen LogP contribution >= 0.6 is 11.3 Å². The van der Waals surface area contributed by atoms with Crippen molar-refractivity contribution in [1.29, 1.82) is 0 Å². The van der Waals surface area contributed by atoms with Gasteiger partial charge in [-0.3, -0.25) is 0 Å². The number of fused-ring (bicyclic) bond motifs is 13. The number of para-hydroxylation sites is 2. The summed E-state index contributed by atoms with van der Waals surface area (Å²) in [6, 6.07) is 69.5. The standard InChI is InChI=1S/C104H93BN4S/c1-100(2,3)70-47-51-88-82(58-70)83-59-71(101(4,5)6)48-52-89(83)107(88)90-43-29-39-78-79-40-30-44-91(99(79)110-98(78)90)108-92-55-67(64-31-19-16-20-32-64)45-49-84(92)105-85-50-46-68(69-53-72(102(7,8)9)57-73(54-69)103(10,11)12)56-93(85)109(95-63-75(62-94(108)96(95)105)106-86-41-27-25-37-76(86)77-38-26-28-42-87(77)106)97-80(65-33-21-17-22-34-65)60-74(104(13,14)15)61-81(97)66-35-23-18-24-36-66/h16-63H,1-15H3/i16D,19D,20D,25D,26D,27D,28D,31D,32D,37D,38D,41D,42D. The zero-order valence-electron chi connectivity index (χ0n) is 78.0. The number of benzene rings is 14. The average Bonchev–Trinajstić information content (AvgIpc) is 1.67. The summed E-state index contributed by atoms with van der Waals surface area (Å²) >= 11 is 1.66. The monoisotopic (exact) mass is 1450 g/mol. The Labute approximate surface area is 670 Å². The van der Waals surface area contributed by atoms with E-state index in [1.807, 2.05) is 30.3 Å². The summed E-state index contributed by atoms with van der Waals surface area (Å²) in [6.07, 6.45) is 0. The minimum Gasteiger partial charge on any atom is -0.310 e. The van der Waals surface area contributed by atoms with E-state index in [0.29, 0.717) is 34.0 Å². The normalized spacial score (nSPS) is 15.0. The van der Waals surface area contributed by atoms with Crippen LogP contribution in [0.4, 0.5) is 34.1 Å². The molecule has 4 nitrogen and oxygen atoms in total. The van der Waals surface area contributed by atoms with E-state index in [2.05, 4.69) is 300 Å². The molecular formula is C104H93BN4S. The van der Waals surface area contributed by atoms with E-state index in [-0.39, 0.29) is 61.1 Å². The predicted octanol–water partition coefficient (Wildman–Crippen LogP) is 27.5. The largest absolute Gasteiger partial charge is 0.310 e. The lowest BCUT2D eigenvalue weighted by Crippen LogP contribution is -2.61. The third-order valence-corrected chi connectivity index (χ3v) is 24.2. The molecule has 17 aromatic rings. The second kappa shape index (κ2) is 25.1. The smallest absolute Gasteiger partial charge is 0.252 e. The van der Waals surface area contributed by atoms with Crippen molar-refractivity contribution in [3.63, 3.8) is 0 Å². The fourth-order valence-corrected chi connectivity index (χ4v) is 18.3. The Morgan fingerprint density at radius 1 is 0.282 bits per heavy atom. The summed E-state index contributed by atoms with van der Waals surface area (Å²) in [5.74, 6) is 0. The van der Waals surface area contributed by atoms with Crippen molar-refractivity contribution in [3.05, 3.63) is 319 Å². The van der Waals surface area contributed by atoms with Crippen molar-refractivity contribution in [3.8, 4) is 55.9 Å². The first-order chi connectivity index (χ1) is 58.1. The summed E-state index contributed by atoms with van der Waals surface area (Å²) in [7, 11) is 0. The highest BCUT2D eigenvalue weighted by Crippen LogP contribution is 2.55. The van der Waals surface area contributed by atoms with Crippen LogP contribution in [0, 0.1) is 0 Å². The Balaban J connectivity index is 1.02. The van der Waals surface area contributed by atoms with Crippen LogP contribution in [0.2, 0.25) is 0 Å². The van der Waals surface area contributed by atoms with Gasteiger partial charge in [0.05, 0.1) is 72.0 Å². The van der Waals surface area contributed by atoms with E-state index < -0.39 is 78.6 Å². The molecule has 538 valence electrons. The Hall–Kier alpha value is -11.4. The molecule has 0 radical (unpaired) electrons. The molecule has 14 aromatic carbocycles. The van der Waals surface area contributed by atoms with Gasteiger partial charge in [0.1, 0.15) is 0 Å². The van der Waals surface area contributed by atoms with Crippen molar-refractivity contribution < 1.29 is 17.8 Å². The molecule has 110 heavy (non-hydrogen) atoms. The van der Waals surface area contributed by atoms with E-state index in [9.17, 15) is 16.4 Å². The van der Waals surface area contributed by atoms with Crippen molar-refractivity contribution in [2.75, 3.05) is 9.80 Å². The molecule has 3 aromatic heterocycles. The second-order valence-corrected chi connectivity index (χ2v) is 36.3. The number of anilines is 6. The highest BCUT2D eigenvalue weighted by Gasteiger charge is 2.46. The van der Waals surface area contributed by atoms with Crippen molar-refractivity contribution in [2.24, 2.45) is 0 Å². The first-order valence-corrected chi connectivity index (χ1v) is 39.1. The fraction of sp³-hybridized carbons (Fsp3) is 0.192. The molecule has 0 bridgehead atoms. The average molecular weight is 1450 g/mol. The molecule has 0 spiro atoms. The molecule has 0 atom stereocenters. The molecule has 2 aliphatic heterocycles. The van der Waals surface area contributed by atoms with Gasteiger partial charge in [0.25, 0.3) is 6.71 Å². The second-order valence-electron chi connectivity index (χ2n) is 35.2. The highest BCUT2D eigenvalue weighted by molar-refractivity contribution is 7.27. The summed E-state index contributed by atoms with van der Waals surface area (Å²) in [4.78, 5) is 4.62. The Kier molecular flexibility index (Phi) is 12.7. The van der Waals surface area contributed by atoms with Crippen molar-refractivity contribution >= 4 is 132 Å². The van der Waals surface area contributed by atoms with Gasteiger partial charge in [-0.1, -0.05) is 310 Å². The third-order valence-electron chi connectivity index (χ3n) is 23.0. The lowest BCUT2D eigenvalue weighted by atomic mass is 9.33. The lowest BCUT2D eigenvalue weighted by Gasteiger charge is -2.45. The molecular weight excluding hydrogens is 1350 g/mol. The van der Waals surface area contributed by atoms with Crippen LogP contribution in [0.25, 0.3) is 120 Å². The number of rotatable bonds is 8. The number of hydrogen-bond acceptors (Lipinski definition) is 3. The molecule has 0 saturated heterocycles. The number of thiophene rings is 1. The molecule has 19 rings (SSSR count). The molecule has 0 unspecified atom stereocenters. The number of hydrogen-bond donors (Lipinski definition) is 0. The van der Waals surface area contributed by atoms with Gasteiger partial charge in [0.2, 0.25) is 0 Å². The minimum absolute atomic E-state index is 0.00484. The topological polar surface area (TPSA) is 16.3 Å². The van der Waals surface area contributed by atoms with Crippen molar-refractivity contribution in [2.45, 2.75) is 131 Å². The maximum atomic E-state index is 10.2. The van der Waals surface area contributed by atoms with Crippen molar-refractivity contribution in [1.82, 2.24) is 9.13 Å². The van der Waals surface area contributed by atoms with E-state index >= 15 is 0 Å². The SMILES string of the molecule is [2H]c1c([2H])c([2H])c(-c2ccc3c(c2)N(c2cccc4c2sc2c(-n5c6ccc(C(C)(C)C)cc6c6cc(C(C)(C)C)ccc65)cccc24)c2cc(-n4c5c([2H])c([2H])c([2H])c([2H])c5c5c([2H])c([2H])c([2H])c([2H])c54)cc4c2B3c2ccc(-c3cc(C(C)(C)C)cc(C(C)(C)C)c3)cc2N4c2c(-c3ccccc3)cc(C(C)(C)C)cc2-c2ccccc2)c([2H])c1[2H]. The zero-order chi connectivity index (χ0) is 87.1. The number of nitrogens with zero attached hydrogens (tertiary/aromatic N) is 4. The van der Waals surface area contributed by atoms with Gasteiger partial charge in [-0.2, -0.15) is 0 Å². The van der Waals surface area contributed by atoms with Crippen LogP contribution in [0.1, 0.15) is 149 Å². The van der Waals surface area contributed by atoms with Crippen LogP contribution < -0.4 is 26.2 Å². The van der Waals surface area contributed by atoms with Gasteiger partial charge in [-0.25, -0.2) is 0 Å². The van der Waals surface area contributed by atoms with Crippen LogP contribution in [-0.2, 0) is 27.1 Å². The van der Waals surface area contributed by atoms with E-state index in [1.54, 1.807) is 15.9 Å². The first kappa shape index (κ1) is 55.9. The Bertz CT molecular complexity index is 7180. The molecule has 0 N–H and O–H groups in total. The predicted molar refractivity (Wildman–Crippen MR) is 477 cm³/mol. The van der Waals surface area contributed by atoms with Crippen LogP contribution in [0.5, 0.6) is 0 Å². The maximum Gasteiger partial charge on any atom is 0.252 e. The zero-order valence-corrected chi connectivity index (χ0v) is 65.8. The third kappa shape index (κ3) is 11.2. The minimum atomic E-state index is -0.696. The summed E-state index contributed by atoms with van der Waals surface area (Å²) in [5, 5.41) is 4.06. The van der Waals surface area contributed by atoms with E-state index in [1.165, 1.54) is 11.1 Å². The maximum absolute atomic E-state index is 10.2. The lowest BCUT2D eigenvalue weighted by molar-refractivity contribution is 0.569. The Morgan fingerprint density at radius 2 is 0.727 bits per heavy atom. The van der Waals surface area contributed by atoms with Gasteiger partial charge in [0, 0.05) is 66.2 Å². The molecule has 6 heteroatoms.